The molecule has 0 N–H and O–H groups in total. The topological polar surface area (TPSA) is 0 Å². The van der Waals surface area contributed by atoms with Crippen molar-refractivity contribution in [2.75, 3.05) is 5.75 Å². The van der Waals surface area contributed by atoms with Crippen molar-refractivity contribution in [3.05, 3.63) is 12.2 Å². The van der Waals surface area contributed by atoms with Crippen LogP contribution in [0.5, 0.6) is 0 Å². The molecule has 1 heterocycles. The molecule has 1 heteroatoms. The van der Waals surface area contributed by atoms with Crippen LogP contribution in [-0.2, 0) is 0 Å². The molecule has 39 valence electrons. The summed E-state index contributed by atoms with van der Waals surface area (Å²) in [5, 5.41) is 0. The van der Waals surface area contributed by atoms with Gasteiger partial charge >= 0.3 is 0 Å². The molecule has 0 aromatic rings. The number of thioether (sulfide) groups is 1. The quantitative estimate of drug-likeness (QED) is 0.462. The molecule has 1 radical (unpaired) electrons. The van der Waals surface area contributed by atoms with E-state index < -0.39 is 0 Å². The highest BCUT2D eigenvalue weighted by Gasteiger charge is 2.17. The fourth-order valence-corrected chi connectivity index (χ4v) is 1.33. The smallest absolute Gasteiger partial charge is 0.0355 e. The van der Waals surface area contributed by atoms with E-state index in [1.165, 1.54) is 0 Å². The summed E-state index contributed by atoms with van der Waals surface area (Å²) in [7, 11) is 0. The monoisotopic (exact) mass is 113 g/mol. The van der Waals surface area contributed by atoms with E-state index in [2.05, 4.69) is 26.0 Å². The van der Waals surface area contributed by atoms with Gasteiger partial charge in [-0.25, -0.2) is 0 Å². The van der Waals surface area contributed by atoms with Gasteiger partial charge < -0.3 is 0 Å². The predicted molar refractivity (Wildman–Crippen MR) is 34.4 cm³/mol. The number of hydrogen-bond acceptors (Lipinski definition) is 1. The van der Waals surface area contributed by atoms with Crippen molar-refractivity contribution in [3.8, 4) is 0 Å². The van der Waals surface area contributed by atoms with E-state index in [0.717, 1.165) is 5.75 Å². The van der Waals surface area contributed by atoms with Gasteiger partial charge in [-0.1, -0.05) is 6.08 Å². The lowest BCUT2D eigenvalue weighted by Gasteiger charge is -2.10. The minimum Gasteiger partial charge on any atom is -0.147 e. The third kappa shape index (κ3) is 1.23. The summed E-state index contributed by atoms with van der Waals surface area (Å²) < 4.78 is 0.306. The van der Waals surface area contributed by atoms with E-state index in [-0.39, 0.29) is 0 Å². The molecule has 0 fully saturated rings. The molecule has 1 rings (SSSR count). The minimum atomic E-state index is 0.306. The maximum atomic E-state index is 3.23. The molecule has 0 aromatic carbocycles. The molecule has 0 saturated heterocycles. The third-order valence-electron chi connectivity index (χ3n) is 0.977. The van der Waals surface area contributed by atoms with Gasteiger partial charge in [0, 0.05) is 10.5 Å². The molecule has 0 saturated carbocycles. The van der Waals surface area contributed by atoms with Gasteiger partial charge in [-0.2, -0.15) is 0 Å². The van der Waals surface area contributed by atoms with Gasteiger partial charge in [-0.3, -0.25) is 0 Å². The molecule has 0 bridgehead atoms. The summed E-state index contributed by atoms with van der Waals surface area (Å²) in [5.41, 5.74) is 0. The van der Waals surface area contributed by atoms with Crippen molar-refractivity contribution < 1.29 is 0 Å². The van der Waals surface area contributed by atoms with Crippen molar-refractivity contribution in [1.29, 1.82) is 0 Å². The molecule has 0 spiro atoms. The molecular formula is C6H9S. The summed E-state index contributed by atoms with van der Waals surface area (Å²) >= 11 is 1.93. The van der Waals surface area contributed by atoms with Crippen molar-refractivity contribution >= 4 is 11.8 Å². The van der Waals surface area contributed by atoms with E-state index in [1.54, 1.807) is 0 Å². The maximum absolute atomic E-state index is 3.23. The number of rotatable bonds is 0. The van der Waals surface area contributed by atoms with Crippen LogP contribution in [0, 0.1) is 6.08 Å². The van der Waals surface area contributed by atoms with Crippen LogP contribution in [-0.4, -0.2) is 10.5 Å². The van der Waals surface area contributed by atoms with Crippen LogP contribution in [0.1, 0.15) is 13.8 Å². The van der Waals surface area contributed by atoms with E-state index >= 15 is 0 Å². The Morgan fingerprint density at radius 2 is 2.43 bits per heavy atom. The second-order valence-corrected chi connectivity index (χ2v) is 3.81. The normalized spacial score (nSPS) is 26.0. The van der Waals surface area contributed by atoms with Crippen LogP contribution in [0.2, 0.25) is 0 Å². The van der Waals surface area contributed by atoms with Crippen LogP contribution in [0.25, 0.3) is 0 Å². The number of hydrogen-bond donors (Lipinski definition) is 0. The first-order chi connectivity index (χ1) is 3.21. The van der Waals surface area contributed by atoms with E-state index in [9.17, 15) is 0 Å². The standard InChI is InChI=1S/C6H9S/c1-6(2)4-3-5-7-6/h3H,5H2,1-2H3. The van der Waals surface area contributed by atoms with Crippen molar-refractivity contribution in [3.63, 3.8) is 0 Å². The Morgan fingerprint density at radius 3 is 2.57 bits per heavy atom. The first kappa shape index (κ1) is 5.23. The van der Waals surface area contributed by atoms with Crippen molar-refractivity contribution in [2.45, 2.75) is 18.6 Å². The molecule has 0 amide bonds. The first-order valence-electron chi connectivity index (χ1n) is 2.44. The Bertz CT molecular complexity index is 92.4. The van der Waals surface area contributed by atoms with Gasteiger partial charge in [0.2, 0.25) is 0 Å². The van der Waals surface area contributed by atoms with Crippen LogP contribution in [0.3, 0.4) is 0 Å². The summed E-state index contributed by atoms with van der Waals surface area (Å²) in [6.07, 6.45) is 5.34. The lowest BCUT2D eigenvalue weighted by Crippen LogP contribution is -2.05. The zero-order chi connectivity index (χ0) is 5.33. The summed E-state index contributed by atoms with van der Waals surface area (Å²) in [4.78, 5) is 0. The second-order valence-electron chi connectivity index (χ2n) is 2.17. The molecular weight excluding hydrogens is 104 g/mol. The Labute approximate surface area is 49.0 Å². The van der Waals surface area contributed by atoms with E-state index in [1.807, 2.05) is 11.8 Å². The van der Waals surface area contributed by atoms with Crippen LogP contribution in [0.15, 0.2) is 6.08 Å². The highest BCUT2D eigenvalue weighted by atomic mass is 32.2. The zero-order valence-corrected chi connectivity index (χ0v) is 5.51. The lowest BCUT2D eigenvalue weighted by molar-refractivity contribution is 0.886. The van der Waals surface area contributed by atoms with E-state index in [0.29, 0.717) is 4.75 Å². The molecule has 1 aliphatic heterocycles. The second kappa shape index (κ2) is 1.55. The lowest BCUT2D eigenvalue weighted by atomic mass is 10.2. The Morgan fingerprint density at radius 1 is 1.71 bits per heavy atom. The highest BCUT2D eigenvalue weighted by molar-refractivity contribution is 8.01. The van der Waals surface area contributed by atoms with E-state index in [4.69, 9.17) is 0 Å². The minimum absolute atomic E-state index is 0.306. The molecule has 0 unspecified atom stereocenters. The molecule has 0 atom stereocenters. The zero-order valence-electron chi connectivity index (χ0n) is 4.69. The summed E-state index contributed by atoms with van der Waals surface area (Å²) in [6, 6.07) is 0. The van der Waals surface area contributed by atoms with Gasteiger partial charge in [-0.15, -0.1) is 11.8 Å². The Balaban J connectivity index is 2.57. The third-order valence-corrected chi connectivity index (χ3v) is 2.15. The summed E-state index contributed by atoms with van der Waals surface area (Å²) in [5.74, 6) is 1.15. The molecule has 1 aliphatic rings. The van der Waals surface area contributed by atoms with Gasteiger partial charge in [-0.05, 0) is 19.9 Å². The summed E-state index contributed by atoms with van der Waals surface area (Å²) in [6.45, 7) is 4.36. The fourth-order valence-electron chi connectivity index (χ4n) is 0.579. The first-order valence-corrected chi connectivity index (χ1v) is 3.43. The predicted octanol–water partition coefficient (Wildman–Crippen LogP) is 1.87. The van der Waals surface area contributed by atoms with Crippen molar-refractivity contribution in [2.24, 2.45) is 0 Å². The van der Waals surface area contributed by atoms with Crippen LogP contribution >= 0.6 is 11.8 Å². The largest absolute Gasteiger partial charge is 0.147 e. The van der Waals surface area contributed by atoms with Crippen LogP contribution < -0.4 is 0 Å². The molecule has 0 nitrogen and oxygen atoms in total. The van der Waals surface area contributed by atoms with Gasteiger partial charge in [0.25, 0.3) is 0 Å². The Hall–Kier alpha value is 0.0900. The van der Waals surface area contributed by atoms with Crippen LogP contribution in [0.4, 0.5) is 0 Å². The van der Waals surface area contributed by atoms with Gasteiger partial charge in [0.15, 0.2) is 0 Å². The van der Waals surface area contributed by atoms with Gasteiger partial charge in [0.05, 0.1) is 0 Å². The maximum Gasteiger partial charge on any atom is 0.0355 e. The Kier molecular flexibility index (Phi) is 1.16. The SMILES string of the molecule is CC1(C)[C]=CCS1. The van der Waals surface area contributed by atoms with Gasteiger partial charge in [0.1, 0.15) is 0 Å². The average molecular weight is 113 g/mol. The average Bonchev–Trinajstić information content (AvgIpc) is 1.84. The van der Waals surface area contributed by atoms with Crippen molar-refractivity contribution in [1.82, 2.24) is 0 Å². The molecule has 0 aliphatic carbocycles. The highest BCUT2D eigenvalue weighted by Crippen LogP contribution is 2.29. The molecule has 7 heavy (non-hydrogen) atoms. The fraction of sp³-hybridized carbons (Fsp3) is 0.667. The molecule has 0 aromatic heterocycles.